The minimum atomic E-state index is -0.132. The molecule has 0 heterocycles. The van der Waals surface area contributed by atoms with Gasteiger partial charge in [-0.05, 0) is 31.0 Å². The van der Waals surface area contributed by atoms with Gasteiger partial charge in [-0.2, -0.15) is 0 Å². The Morgan fingerprint density at radius 3 is 2.71 bits per heavy atom. The second kappa shape index (κ2) is 6.28. The largest absolute Gasteiger partial charge is 0.469 e. The maximum atomic E-state index is 11.5. The number of hydrogen-bond donors (Lipinski definition) is 0. The van der Waals surface area contributed by atoms with Crippen molar-refractivity contribution >= 4 is 11.7 Å². The summed E-state index contributed by atoms with van der Waals surface area (Å²) in [6, 6.07) is 8.26. The molecule has 3 heteroatoms. The van der Waals surface area contributed by atoms with Crippen LogP contribution in [0.5, 0.6) is 0 Å². The maximum Gasteiger partial charge on any atom is 0.310 e. The number of anilines is 1. The summed E-state index contributed by atoms with van der Waals surface area (Å²) in [5.41, 5.74) is 2.35. The molecule has 1 aromatic rings. The zero-order valence-electron chi connectivity index (χ0n) is 11.1. The zero-order valence-corrected chi connectivity index (χ0v) is 11.1. The van der Waals surface area contributed by atoms with Crippen molar-refractivity contribution in [1.82, 2.24) is 0 Å². The summed E-state index contributed by atoms with van der Waals surface area (Å²) < 4.78 is 4.80. The Hall–Kier alpha value is -1.51. The van der Waals surface area contributed by atoms with Crippen molar-refractivity contribution in [2.45, 2.75) is 20.3 Å². The summed E-state index contributed by atoms with van der Waals surface area (Å²) in [6.07, 6.45) is 0.794. The van der Waals surface area contributed by atoms with E-state index in [0.717, 1.165) is 12.1 Å². The second-order valence-electron chi connectivity index (χ2n) is 4.35. The molecule has 94 valence electrons. The Balaban J connectivity index is 2.70. The fraction of sp³-hybridized carbons (Fsp3) is 0.500. The fourth-order valence-corrected chi connectivity index (χ4v) is 1.84. The van der Waals surface area contributed by atoms with Gasteiger partial charge in [0, 0.05) is 19.3 Å². The molecule has 0 saturated heterocycles. The SMILES string of the molecule is CCC(CN(C)c1cccc(C)c1)C(=O)OC. The van der Waals surface area contributed by atoms with Crippen LogP contribution in [-0.2, 0) is 9.53 Å². The first kappa shape index (κ1) is 13.6. The van der Waals surface area contributed by atoms with Crippen LogP contribution in [0.3, 0.4) is 0 Å². The van der Waals surface area contributed by atoms with Gasteiger partial charge in [-0.25, -0.2) is 0 Å². The van der Waals surface area contributed by atoms with Crippen molar-refractivity contribution in [2.75, 3.05) is 25.6 Å². The summed E-state index contributed by atoms with van der Waals surface area (Å²) in [5, 5.41) is 0. The van der Waals surface area contributed by atoms with Gasteiger partial charge in [0.05, 0.1) is 13.0 Å². The third-order valence-corrected chi connectivity index (χ3v) is 2.96. The van der Waals surface area contributed by atoms with Crippen LogP contribution < -0.4 is 4.90 Å². The molecule has 0 bridgehead atoms. The van der Waals surface area contributed by atoms with Crippen LogP contribution in [0.1, 0.15) is 18.9 Å². The Kier molecular flexibility index (Phi) is 5.01. The molecule has 0 aliphatic heterocycles. The molecule has 0 radical (unpaired) electrons. The molecule has 1 aromatic carbocycles. The molecule has 1 atom stereocenters. The molecule has 1 unspecified atom stereocenters. The van der Waals surface area contributed by atoms with Gasteiger partial charge in [0.15, 0.2) is 0 Å². The van der Waals surface area contributed by atoms with Crippen molar-refractivity contribution in [3.8, 4) is 0 Å². The number of rotatable bonds is 5. The first-order valence-corrected chi connectivity index (χ1v) is 5.94. The first-order valence-electron chi connectivity index (χ1n) is 5.94. The smallest absolute Gasteiger partial charge is 0.310 e. The topological polar surface area (TPSA) is 29.5 Å². The molecule has 0 fully saturated rings. The molecule has 0 aliphatic carbocycles. The maximum absolute atomic E-state index is 11.5. The summed E-state index contributed by atoms with van der Waals surface area (Å²) in [4.78, 5) is 13.6. The molecule has 1 rings (SSSR count). The first-order chi connectivity index (χ1) is 8.08. The molecule has 0 N–H and O–H groups in total. The van der Waals surface area contributed by atoms with Crippen LogP contribution in [0.2, 0.25) is 0 Å². The number of methoxy groups -OCH3 is 1. The van der Waals surface area contributed by atoms with Gasteiger partial charge in [0.2, 0.25) is 0 Å². The number of esters is 1. The van der Waals surface area contributed by atoms with Crippen LogP contribution in [0, 0.1) is 12.8 Å². The highest BCUT2D eigenvalue weighted by molar-refractivity contribution is 5.73. The quantitative estimate of drug-likeness (QED) is 0.735. The van der Waals surface area contributed by atoms with Crippen LogP contribution in [0.4, 0.5) is 5.69 Å². The summed E-state index contributed by atoms with van der Waals surface area (Å²) in [5.74, 6) is -0.197. The lowest BCUT2D eigenvalue weighted by atomic mass is 10.1. The Bertz CT molecular complexity index is 376. The number of hydrogen-bond acceptors (Lipinski definition) is 3. The third kappa shape index (κ3) is 3.77. The molecule has 0 amide bonds. The van der Waals surface area contributed by atoms with E-state index >= 15 is 0 Å². The standard InChI is InChI=1S/C14H21NO2/c1-5-12(14(16)17-4)10-15(3)13-8-6-7-11(2)9-13/h6-9,12H,5,10H2,1-4H3. The highest BCUT2D eigenvalue weighted by atomic mass is 16.5. The van der Waals surface area contributed by atoms with E-state index in [0.29, 0.717) is 6.54 Å². The third-order valence-electron chi connectivity index (χ3n) is 2.96. The molecule has 17 heavy (non-hydrogen) atoms. The minimum absolute atomic E-state index is 0.0643. The van der Waals surface area contributed by atoms with E-state index in [1.54, 1.807) is 0 Å². The Morgan fingerprint density at radius 1 is 1.47 bits per heavy atom. The lowest BCUT2D eigenvalue weighted by Crippen LogP contribution is -2.30. The van der Waals surface area contributed by atoms with Crippen molar-refractivity contribution in [1.29, 1.82) is 0 Å². The van der Waals surface area contributed by atoms with Crippen LogP contribution in [0.15, 0.2) is 24.3 Å². The fourth-order valence-electron chi connectivity index (χ4n) is 1.84. The van der Waals surface area contributed by atoms with E-state index in [1.807, 2.05) is 20.0 Å². The van der Waals surface area contributed by atoms with Gasteiger partial charge in [0.1, 0.15) is 0 Å². The lowest BCUT2D eigenvalue weighted by Gasteiger charge is -2.23. The monoisotopic (exact) mass is 235 g/mol. The van der Waals surface area contributed by atoms with Crippen molar-refractivity contribution in [3.05, 3.63) is 29.8 Å². The van der Waals surface area contributed by atoms with Gasteiger partial charge < -0.3 is 9.64 Å². The Morgan fingerprint density at radius 2 is 2.18 bits per heavy atom. The van der Waals surface area contributed by atoms with Crippen LogP contribution >= 0.6 is 0 Å². The van der Waals surface area contributed by atoms with Gasteiger partial charge in [-0.1, -0.05) is 19.1 Å². The number of benzene rings is 1. The molecule has 0 aromatic heterocycles. The van der Waals surface area contributed by atoms with E-state index in [9.17, 15) is 4.79 Å². The molecule has 0 aliphatic rings. The van der Waals surface area contributed by atoms with E-state index in [-0.39, 0.29) is 11.9 Å². The second-order valence-corrected chi connectivity index (χ2v) is 4.35. The normalized spacial score (nSPS) is 12.0. The predicted octanol–water partition coefficient (Wildman–Crippen LogP) is 2.63. The lowest BCUT2D eigenvalue weighted by molar-refractivity contribution is -0.145. The van der Waals surface area contributed by atoms with Gasteiger partial charge in [-0.3, -0.25) is 4.79 Å². The number of aryl methyl sites for hydroxylation is 1. The molecule has 0 spiro atoms. The van der Waals surface area contributed by atoms with Gasteiger partial charge in [0.25, 0.3) is 0 Å². The van der Waals surface area contributed by atoms with Crippen LogP contribution in [0.25, 0.3) is 0 Å². The van der Waals surface area contributed by atoms with E-state index in [4.69, 9.17) is 4.74 Å². The number of nitrogens with zero attached hydrogens (tertiary/aromatic N) is 1. The number of carbonyl (C=O) groups is 1. The predicted molar refractivity (Wildman–Crippen MR) is 70.2 cm³/mol. The number of carbonyl (C=O) groups excluding carboxylic acids is 1. The highest BCUT2D eigenvalue weighted by Gasteiger charge is 2.19. The zero-order chi connectivity index (χ0) is 12.8. The summed E-state index contributed by atoms with van der Waals surface area (Å²) >= 11 is 0. The minimum Gasteiger partial charge on any atom is -0.469 e. The van der Waals surface area contributed by atoms with Crippen LogP contribution in [-0.4, -0.2) is 26.7 Å². The van der Waals surface area contributed by atoms with Crippen molar-refractivity contribution in [2.24, 2.45) is 5.92 Å². The summed E-state index contributed by atoms with van der Waals surface area (Å²) in [7, 11) is 3.44. The van der Waals surface area contributed by atoms with Gasteiger partial charge in [-0.15, -0.1) is 0 Å². The molecular weight excluding hydrogens is 214 g/mol. The van der Waals surface area contributed by atoms with Crippen molar-refractivity contribution < 1.29 is 9.53 Å². The Labute approximate surface area is 103 Å². The number of ether oxygens (including phenoxy) is 1. The van der Waals surface area contributed by atoms with Gasteiger partial charge >= 0.3 is 5.97 Å². The van der Waals surface area contributed by atoms with Crippen molar-refractivity contribution in [3.63, 3.8) is 0 Å². The average Bonchev–Trinajstić information content (AvgIpc) is 2.34. The average molecular weight is 235 g/mol. The van der Waals surface area contributed by atoms with E-state index < -0.39 is 0 Å². The molecule has 0 saturated carbocycles. The summed E-state index contributed by atoms with van der Waals surface area (Å²) in [6.45, 7) is 4.76. The molecule has 3 nitrogen and oxygen atoms in total. The molecular formula is C14H21NO2. The van der Waals surface area contributed by atoms with E-state index in [2.05, 4.69) is 30.0 Å². The highest BCUT2D eigenvalue weighted by Crippen LogP contribution is 2.17. The van der Waals surface area contributed by atoms with E-state index in [1.165, 1.54) is 12.7 Å².